The highest BCUT2D eigenvalue weighted by atomic mass is 35.5. The molecule has 0 amide bonds. The molecular formula is C21H21ClFN5O3. The highest BCUT2D eigenvalue weighted by Gasteiger charge is 2.47. The van der Waals surface area contributed by atoms with Crippen molar-refractivity contribution < 1.29 is 13.7 Å². The van der Waals surface area contributed by atoms with Crippen LogP contribution in [0.5, 0.6) is 0 Å². The average molecular weight is 446 g/mol. The van der Waals surface area contributed by atoms with E-state index in [1.165, 1.54) is 4.68 Å². The summed E-state index contributed by atoms with van der Waals surface area (Å²) in [6.07, 6.45) is 3.63. The Morgan fingerprint density at radius 2 is 2.16 bits per heavy atom. The fourth-order valence-electron chi connectivity index (χ4n) is 4.11. The van der Waals surface area contributed by atoms with Gasteiger partial charge in [0.05, 0.1) is 25.0 Å². The molecule has 5 heterocycles. The molecule has 1 atom stereocenters. The van der Waals surface area contributed by atoms with E-state index >= 15 is 0 Å². The van der Waals surface area contributed by atoms with E-state index in [4.69, 9.17) is 20.9 Å². The standard InChI is InChI=1S/C21H21ClFN5O3/c1-13-17(20(26-31-13)14-2-3-18(22)24-7-14)9-28-19(29)6-16(8-25-28)27-11-21(12-27)5-4-15(23)10-30-21/h2-3,6-8,15H,4-5,9-12H2,1H3/t15-/m1/s1. The van der Waals surface area contributed by atoms with Crippen LogP contribution in [0.15, 0.2) is 39.9 Å². The van der Waals surface area contributed by atoms with Gasteiger partial charge in [0.2, 0.25) is 0 Å². The number of pyridine rings is 1. The normalized spacial score (nSPS) is 20.1. The Morgan fingerprint density at radius 1 is 1.32 bits per heavy atom. The lowest BCUT2D eigenvalue weighted by Crippen LogP contribution is -2.65. The predicted octanol–water partition coefficient (Wildman–Crippen LogP) is 3.01. The number of alkyl halides is 1. The summed E-state index contributed by atoms with van der Waals surface area (Å²) in [5.74, 6) is 0.605. The molecule has 0 N–H and O–H groups in total. The van der Waals surface area contributed by atoms with Crippen LogP contribution in [0.3, 0.4) is 0 Å². The summed E-state index contributed by atoms with van der Waals surface area (Å²) in [5, 5.41) is 8.84. The van der Waals surface area contributed by atoms with Crippen molar-refractivity contribution in [1.82, 2.24) is 19.9 Å². The van der Waals surface area contributed by atoms with E-state index in [1.807, 2.05) is 4.90 Å². The number of halogens is 2. The molecule has 0 unspecified atom stereocenters. The van der Waals surface area contributed by atoms with Gasteiger partial charge in [0.25, 0.3) is 5.56 Å². The van der Waals surface area contributed by atoms with Gasteiger partial charge < -0.3 is 14.2 Å². The summed E-state index contributed by atoms with van der Waals surface area (Å²) in [4.78, 5) is 18.9. The molecule has 10 heteroatoms. The lowest BCUT2D eigenvalue weighted by atomic mass is 9.85. The summed E-state index contributed by atoms with van der Waals surface area (Å²) in [5.41, 5.74) is 2.32. The van der Waals surface area contributed by atoms with E-state index < -0.39 is 6.17 Å². The van der Waals surface area contributed by atoms with Gasteiger partial charge >= 0.3 is 0 Å². The van der Waals surface area contributed by atoms with E-state index in [-0.39, 0.29) is 24.3 Å². The highest BCUT2D eigenvalue weighted by Crippen LogP contribution is 2.37. The van der Waals surface area contributed by atoms with Gasteiger partial charge in [-0.3, -0.25) is 4.79 Å². The van der Waals surface area contributed by atoms with Crippen LogP contribution < -0.4 is 10.5 Å². The third-order valence-electron chi connectivity index (χ3n) is 5.96. The molecule has 2 fully saturated rings. The fourth-order valence-corrected chi connectivity index (χ4v) is 4.22. The minimum Gasteiger partial charge on any atom is -0.368 e. The van der Waals surface area contributed by atoms with Crippen LogP contribution >= 0.6 is 11.6 Å². The second-order valence-corrected chi connectivity index (χ2v) is 8.52. The summed E-state index contributed by atoms with van der Waals surface area (Å²) >= 11 is 5.87. The van der Waals surface area contributed by atoms with Crippen molar-refractivity contribution in [3.8, 4) is 11.3 Å². The van der Waals surface area contributed by atoms with Gasteiger partial charge in [-0.25, -0.2) is 14.1 Å². The van der Waals surface area contributed by atoms with E-state index in [0.717, 1.165) is 16.8 Å². The Balaban J connectivity index is 1.33. The summed E-state index contributed by atoms with van der Waals surface area (Å²) in [6, 6.07) is 5.04. The van der Waals surface area contributed by atoms with Crippen molar-refractivity contribution in [1.29, 1.82) is 0 Å². The highest BCUT2D eigenvalue weighted by molar-refractivity contribution is 6.29. The number of hydrogen-bond donors (Lipinski definition) is 0. The number of anilines is 1. The molecule has 5 rings (SSSR count). The number of rotatable bonds is 4. The van der Waals surface area contributed by atoms with Gasteiger partial charge in [-0.1, -0.05) is 16.8 Å². The minimum atomic E-state index is -0.875. The van der Waals surface area contributed by atoms with Crippen molar-refractivity contribution in [2.45, 2.75) is 38.1 Å². The first-order chi connectivity index (χ1) is 14.9. The average Bonchev–Trinajstić information content (AvgIpc) is 3.09. The van der Waals surface area contributed by atoms with Crippen LogP contribution in [0.1, 0.15) is 24.2 Å². The SMILES string of the molecule is Cc1onc(-c2ccc(Cl)nc2)c1Cn1ncc(N2CC3(CC[C@@H](F)CO3)C2)cc1=O. The maximum Gasteiger partial charge on any atom is 0.269 e. The zero-order valence-corrected chi connectivity index (χ0v) is 17.7. The Hall–Kier alpha value is -2.78. The third kappa shape index (κ3) is 3.83. The van der Waals surface area contributed by atoms with Crippen molar-refractivity contribution in [3.05, 3.63) is 57.4 Å². The molecule has 3 aromatic rings. The van der Waals surface area contributed by atoms with Gasteiger partial charge in [-0.15, -0.1) is 0 Å². The van der Waals surface area contributed by atoms with Crippen molar-refractivity contribution in [2.75, 3.05) is 24.6 Å². The Morgan fingerprint density at radius 3 is 2.84 bits per heavy atom. The van der Waals surface area contributed by atoms with Crippen LogP contribution in [0.25, 0.3) is 11.3 Å². The Labute approximate surface area is 182 Å². The smallest absolute Gasteiger partial charge is 0.269 e. The minimum absolute atomic E-state index is 0.150. The van der Waals surface area contributed by atoms with E-state index in [1.54, 1.807) is 37.5 Å². The second-order valence-electron chi connectivity index (χ2n) is 8.13. The molecule has 3 aromatic heterocycles. The van der Waals surface area contributed by atoms with Crippen LogP contribution in [0.2, 0.25) is 5.15 Å². The van der Waals surface area contributed by atoms with Crippen molar-refractivity contribution in [3.63, 3.8) is 0 Å². The molecule has 2 saturated heterocycles. The van der Waals surface area contributed by atoms with Gasteiger partial charge in [-0.05, 0) is 31.9 Å². The molecule has 1 spiro atoms. The first-order valence-electron chi connectivity index (χ1n) is 10.1. The maximum absolute atomic E-state index is 13.3. The number of nitrogens with zero attached hydrogens (tertiary/aromatic N) is 5. The van der Waals surface area contributed by atoms with Crippen LogP contribution in [0, 0.1) is 6.92 Å². The first-order valence-corrected chi connectivity index (χ1v) is 10.5. The van der Waals surface area contributed by atoms with E-state index in [9.17, 15) is 9.18 Å². The number of aryl methyl sites for hydroxylation is 1. The first kappa shape index (κ1) is 20.1. The molecule has 0 aliphatic carbocycles. The lowest BCUT2D eigenvalue weighted by Gasteiger charge is -2.52. The molecule has 0 saturated carbocycles. The number of ether oxygens (including phenoxy) is 1. The van der Waals surface area contributed by atoms with Crippen molar-refractivity contribution >= 4 is 17.3 Å². The molecule has 0 aromatic carbocycles. The zero-order valence-electron chi connectivity index (χ0n) is 16.9. The van der Waals surface area contributed by atoms with Crippen LogP contribution in [-0.4, -0.2) is 51.4 Å². The van der Waals surface area contributed by atoms with Crippen LogP contribution in [0.4, 0.5) is 10.1 Å². The lowest BCUT2D eigenvalue weighted by molar-refractivity contribution is -0.120. The molecule has 8 nitrogen and oxygen atoms in total. The predicted molar refractivity (Wildman–Crippen MR) is 112 cm³/mol. The Kier molecular flexibility index (Phi) is 5.02. The van der Waals surface area contributed by atoms with E-state index in [0.29, 0.717) is 42.5 Å². The molecule has 0 radical (unpaired) electrons. The monoisotopic (exact) mass is 445 g/mol. The summed E-state index contributed by atoms with van der Waals surface area (Å²) in [6.45, 7) is 3.45. The van der Waals surface area contributed by atoms with Crippen molar-refractivity contribution in [2.24, 2.45) is 0 Å². The molecule has 0 bridgehead atoms. The number of aromatic nitrogens is 4. The van der Waals surface area contributed by atoms with E-state index in [2.05, 4.69) is 15.2 Å². The maximum atomic E-state index is 13.3. The Bertz CT molecular complexity index is 1150. The molecular weight excluding hydrogens is 425 g/mol. The molecule has 31 heavy (non-hydrogen) atoms. The summed E-state index contributed by atoms with van der Waals surface area (Å²) < 4.78 is 25.8. The van der Waals surface area contributed by atoms with Gasteiger partial charge in [0.1, 0.15) is 28.4 Å². The molecule has 2 aliphatic rings. The zero-order chi connectivity index (χ0) is 21.6. The topological polar surface area (TPSA) is 86.3 Å². The van der Waals surface area contributed by atoms with Gasteiger partial charge in [0, 0.05) is 36.5 Å². The quantitative estimate of drug-likeness (QED) is 0.570. The summed E-state index contributed by atoms with van der Waals surface area (Å²) in [7, 11) is 0. The number of hydrogen-bond acceptors (Lipinski definition) is 7. The van der Waals surface area contributed by atoms with Gasteiger partial charge in [-0.2, -0.15) is 5.10 Å². The molecule has 162 valence electrons. The third-order valence-corrected chi connectivity index (χ3v) is 6.18. The second kappa shape index (κ2) is 7.72. The fraction of sp³-hybridized carbons (Fsp3) is 0.429. The van der Waals surface area contributed by atoms with Gasteiger partial charge in [0.15, 0.2) is 0 Å². The molecule has 2 aliphatic heterocycles. The van der Waals surface area contributed by atoms with Crippen LogP contribution in [-0.2, 0) is 11.3 Å². The largest absolute Gasteiger partial charge is 0.368 e.